The van der Waals surface area contributed by atoms with Crippen LogP contribution >= 0.6 is 11.8 Å². The second-order valence-electron chi connectivity index (χ2n) is 4.95. The number of thioether (sulfide) groups is 1. The van der Waals surface area contributed by atoms with Gasteiger partial charge in [-0.2, -0.15) is 0 Å². The number of hydrogen-bond donors (Lipinski definition) is 1. The topological polar surface area (TPSA) is 66.5 Å². The third-order valence-corrected chi connectivity index (χ3v) is 4.13. The summed E-state index contributed by atoms with van der Waals surface area (Å²) in [4.78, 5) is 36.9. The van der Waals surface area contributed by atoms with E-state index in [2.05, 4.69) is 5.32 Å². The van der Waals surface area contributed by atoms with Crippen LogP contribution in [0.3, 0.4) is 0 Å². The number of rotatable bonds is 5. The number of nitrogens with one attached hydrogen (secondary N) is 1. The highest BCUT2D eigenvalue weighted by Crippen LogP contribution is 2.31. The first-order valence-corrected chi connectivity index (χ1v) is 7.91. The summed E-state index contributed by atoms with van der Waals surface area (Å²) in [6, 6.07) is 7.72. The van der Waals surface area contributed by atoms with Gasteiger partial charge in [0.05, 0.1) is 4.91 Å². The van der Waals surface area contributed by atoms with E-state index in [1.54, 1.807) is 13.0 Å². The number of aryl methyl sites for hydroxylation is 1. The summed E-state index contributed by atoms with van der Waals surface area (Å²) in [5, 5.41) is 2.36. The van der Waals surface area contributed by atoms with E-state index in [4.69, 9.17) is 0 Å². The first kappa shape index (κ1) is 16.3. The molecule has 1 aliphatic rings. The van der Waals surface area contributed by atoms with Gasteiger partial charge in [0.25, 0.3) is 11.1 Å². The van der Waals surface area contributed by atoms with Crippen LogP contribution in [0.4, 0.5) is 4.79 Å². The molecule has 0 spiro atoms. The van der Waals surface area contributed by atoms with Gasteiger partial charge in [0.15, 0.2) is 0 Å². The molecule has 1 N–H and O–H groups in total. The average molecular weight is 318 g/mol. The van der Waals surface area contributed by atoms with Gasteiger partial charge in [-0.1, -0.05) is 36.8 Å². The summed E-state index contributed by atoms with van der Waals surface area (Å²) in [6.45, 7) is 4.21. The summed E-state index contributed by atoms with van der Waals surface area (Å²) in [7, 11) is 0. The van der Waals surface area contributed by atoms with Crippen molar-refractivity contribution in [2.75, 3.05) is 13.1 Å². The molecular formula is C16H18N2O3S. The Morgan fingerprint density at radius 3 is 2.59 bits per heavy atom. The zero-order chi connectivity index (χ0) is 16.1. The number of benzene rings is 1. The van der Waals surface area contributed by atoms with Crippen molar-refractivity contribution >= 4 is 34.9 Å². The fourth-order valence-electron chi connectivity index (χ4n) is 1.94. The Morgan fingerprint density at radius 2 is 1.95 bits per heavy atom. The Bertz CT molecular complexity index is 623. The maximum absolute atomic E-state index is 12.2. The number of hydrogen-bond acceptors (Lipinski definition) is 4. The van der Waals surface area contributed by atoms with Crippen LogP contribution in [0.2, 0.25) is 0 Å². The van der Waals surface area contributed by atoms with E-state index in [0.29, 0.717) is 11.3 Å². The van der Waals surface area contributed by atoms with Crippen molar-refractivity contribution in [2.24, 2.45) is 0 Å². The maximum Gasteiger partial charge on any atom is 0.293 e. The van der Waals surface area contributed by atoms with Gasteiger partial charge in [0, 0.05) is 19.5 Å². The first-order chi connectivity index (χ1) is 10.5. The summed E-state index contributed by atoms with van der Waals surface area (Å²) >= 11 is 0.931. The van der Waals surface area contributed by atoms with E-state index in [9.17, 15) is 14.4 Å². The molecule has 0 atom stereocenters. The van der Waals surface area contributed by atoms with Crippen molar-refractivity contribution in [3.05, 3.63) is 40.3 Å². The SMILES string of the molecule is CCC(=O)NCCN1C(=O)S/C(=C/c2ccc(C)cc2)C1=O. The number of carbonyl (C=O) groups excluding carboxylic acids is 3. The van der Waals surface area contributed by atoms with E-state index >= 15 is 0 Å². The van der Waals surface area contributed by atoms with Crippen LogP contribution in [0.1, 0.15) is 24.5 Å². The molecule has 116 valence electrons. The Morgan fingerprint density at radius 1 is 1.27 bits per heavy atom. The molecule has 5 nitrogen and oxygen atoms in total. The molecular weight excluding hydrogens is 300 g/mol. The highest BCUT2D eigenvalue weighted by atomic mass is 32.2. The molecule has 6 heteroatoms. The normalized spacial score (nSPS) is 16.5. The van der Waals surface area contributed by atoms with Crippen LogP contribution in [0.5, 0.6) is 0 Å². The van der Waals surface area contributed by atoms with E-state index in [1.165, 1.54) is 4.90 Å². The van der Waals surface area contributed by atoms with Crippen molar-refractivity contribution in [1.29, 1.82) is 0 Å². The molecule has 1 saturated heterocycles. The van der Waals surface area contributed by atoms with Crippen LogP contribution in [0, 0.1) is 6.92 Å². The zero-order valence-electron chi connectivity index (χ0n) is 12.6. The third kappa shape index (κ3) is 3.98. The summed E-state index contributed by atoms with van der Waals surface area (Å²) in [5.41, 5.74) is 2.02. The zero-order valence-corrected chi connectivity index (χ0v) is 13.4. The van der Waals surface area contributed by atoms with Crippen molar-refractivity contribution < 1.29 is 14.4 Å². The predicted octanol–water partition coefficient (Wildman–Crippen LogP) is 2.56. The van der Waals surface area contributed by atoms with Crippen LogP contribution in [0.25, 0.3) is 6.08 Å². The van der Waals surface area contributed by atoms with E-state index < -0.39 is 0 Å². The smallest absolute Gasteiger partial charge is 0.293 e. The minimum absolute atomic E-state index is 0.0952. The lowest BCUT2D eigenvalue weighted by molar-refractivity contribution is -0.124. The number of amides is 3. The molecule has 0 aromatic heterocycles. The van der Waals surface area contributed by atoms with E-state index in [-0.39, 0.29) is 30.1 Å². The van der Waals surface area contributed by atoms with Crippen molar-refractivity contribution in [3.63, 3.8) is 0 Å². The molecule has 0 aliphatic carbocycles. The van der Waals surface area contributed by atoms with Gasteiger partial charge in [-0.3, -0.25) is 19.3 Å². The Balaban J connectivity index is 2.02. The molecule has 22 heavy (non-hydrogen) atoms. The molecule has 1 aromatic rings. The minimum Gasteiger partial charge on any atom is -0.354 e. The highest BCUT2D eigenvalue weighted by Gasteiger charge is 2.34. The molecule has 0 radical (unpaired) electrons. The Labute approximate surface area is 133 Å². The molecule has 1 aromatic carbocycles. The largest absolute Gasteiger partial charge is 0.354 e. The van der Waals surface area contributed by atoms with Gasteiger partial charge < -0.3 is 5.32 Å². The lowest BCUT2D eigenvalue weighted by Gasteiger charge is -2.12. The first-order valence-electron chi connectivity index (χ1n) is 7.10. The molecule has 1 aliphatic heterocycles. The number of nitrogens with zero attached hydrogens (tertiary/aromatic N) is 1. The van der Waals surface area contributed by atoms with Gasteiger partial charge in [0.1, 0.15) is 0 Å². The van der Waals surface area contributed by atoms with Crippen LogP contribution < -0.4 is 5.32 Å². The second kappa shape index (κ2) is 7.26. The van der Waals surface area contributed by atoms with Gasteiger partial charge in [-0.25, -0.2) is 0 Å². The maximum atomic E-state index is 12.2. The van der Waals surface area contributed by atoms with Crippen molar-refractivity contribution in [2.45, 2.75) is 20.3 Å². The second-order valence-corrected chi connectivity index (χ2v) is 5.94. The molecule has 1 fully saturated rings. The van der Waals surface area contributed by atoms with E-state index in [1.807, 2.05) is 31.2 Å². The monoisotopic (exact) mass is 318 g/mol. The average Bonchev–Trinajstić information content (AvgIpc) is 2.76. The van der Waals surface area contributed by atoms with Gasteiger partial charge in [0.2, 0.25) is 5.91 Å². The lowest BCUT2D eigenvalue weighted by atomic mass is 10.1. The highest BCUT2D eigenvalue weighted by molar-refractivity contribution is 8.18. The lowest BCUT2D eigenvalue weighted by Crippen LogP contribution is -2.37. The number of imide groups is 1. The molecule has 0 saturated carbocycles. The van der Waals surface area contributed by atoms with Gasteiger partial charge >= 0.3 is 0 Å². The summed E-state index contributed by atoms with van der Waals surface area (Å²) in [5.74, 6) is -0.400. The Kier molecular flexibility index (Phi) is 5.38. The van der Waals surface area contributed by atoms with Crippen LogP contribution in [-0.2, 0) is 9.59 Å². The molecule has 0 bridgehead atoms. The summed E-state index contributed by atoms with van der Waals surface area (Å²) < 4.78 is 0. The predicted molar refractivity (Wildman–Crippen MR) is 87.2 cm³/mol. The van der Waals surface area contributed by atoms with Gasteiger partial charge in [-0.15, -0.1) is 0 Å². The fraction of sp³-hybridized carbons (Fsp3) is 0.312. The molecule has 2 rings (SSSR count). The minimum atomic E-state index is -0.304. The fourth-order valence-corrected chi connectivity index (χ4v) is 2.80. The van der Waals surface area contributed by atoms with Crippen LogP contribution in [0.15, 0.2) is 29.2 Å². The third-order valence-electron chi connectivity index (χ3n) is 3.23. The van der Waals surface area contributed by atoms with Crippen molar-refractivity contribution in [1.82, 2.24) is 10.2 Å². The molecule has 1 heterocycles. The Hall–Kier alpha value is -2.08. The quantitative estimate of drug-likeness (QED) is 0.847. The standard InChI is InChI=1S/C16H18N2O3S/c1-3-14(19)17-8-9-18-15(20)13(22-16(18)21)10-12-6-4-11(2)5-7-12/h4-7,10H,3,8-9H2,1-2H3,(H,17,19)/b13-10+. The number of carbonyl (C=O) groups is 3. The summed E-state index contributed by atoms with van der Waals surface area (Å²) in [6.07, 6.45) is 2.10. The van der Waals surface area contributed by atoms with Gasteiger partial charge in [-0.05, 0) is 30.3 Å². The molecule has 0 unspecified atom stereocenters. The molecule has 3 amide bonds. The van der Waals surface area contributed by atoms with Crippen LogP contribution in [-0.4, -0.2) is 35.0 Å². The van der Waals surface area contributed by atoms with E-state index in [0.717, 1.165) is 22.9 Å². The van der Waals surface area contributed by atoms with Crippen molar-refractivity contribution in [3.8, 4) is 0 Å².